The van der Waals surface area contributed by atoms with Crippen LogP contribution in [0.15, 0.2) is 149 Å². The molecule has 0 unspecified atom stereocenters. The van der Waals surface area contributed by atoms with E-state index in [-0.39, 0.29) is 33.9 Å². The number of carboxylic acid groups (broad SMARTS) is 1. The van der Waals surface area contributed by atoms with Crippen LogP contribution in [0, 0.1) is 0 Å². The highest BCUT2D eigenvalue weighted by Crippen LogP contribution is 2.43. The highest BCUT2D eigenvalue weighted by molar-refractivity contribution is 8.00. The number of aliphatic carboxylic acids is 1. The molecule has 0 aliphatic carbocycles. The molecule has 3 aromatic carbocycles. The molecule has 280 valence electrons. The van der Waals surface area contributed by atoms with Gasteiger partial charge in [0.05, 0.1) is 0 Å². The Kier molecular flexibility index (Phi) is 9.93. The molecule has 15 heteroatoms. The Hall–Kier alpha value is -6.58. The number of nitrogen functional groups attached to an aromatic ring is 1. The van der Waals surface area contributed by atoms with E-state index in [1.54, 1.807) is 35.9 Å². The second kappa shape index (κ2) is 15.3. The summed E-state index contributed by atoms with van der Waals surface area (Å²) < 4.78 is 0. The van der Waals surface area contributed by atoms with Gasteiger partial charge in [-0.05, 0) is 30.2 Å². The van der Waals surface area contributed by atoms with Crippen molar-refractivity contribution >= 4 is 63.5 Å². The Labute approximate surface area is 329 Å². The van der Waals surface area contributed by atoms with E-state index in [2.05, 4.69) is 20.4 Å². The highest BCUT2D eigenvalue weighted by Gasteiger charge is 2.54. The summed E-state index contributed by atoms with van der Waals surface area (Å²) in [6.07, 6.45) is 3.54. The lowest BCUT2D eigenvalue weighted by Crippen LogP contribution is -2.71. The lowest BCUT2D eigenvalue weighted by molar-refractivity contribution is -0.150. The number of carbonyl (C=O) groups excluding carboxylic acids is 3. The topological polar surface area (TPSA) is 180 Å². The van der Waals surface area contributed by atoms with Crippen LogP contribution in [0.4, 0.5) is 10.9 Å². The van der Waals surface area contributed by atoms with Gasteiger partial charge in [-0.15, -0.1) is 23.1 Å². The Morgan fingerprint density at radius 2 is 1.55 bits per heavy atom. The minimum absolute atomic E-state index is 0.133. The van der Waals surface area contributed by atoms with Gasteiger partial charge in [-0.25, -0.2) is 14.8 Å². The molecular formula is C41H33N7O6S2. The minimum Gasteiger partial charge on any atom is -0.477 e. The molecule has 5 heterocycles. The first kappa shape index (κ1) is 36.4. The lowest BCUT2D eigenvalue weighted by Gasteiger charge is -2.49. The first-order chi connectivity index (χ1) is 27.3. The first-order valence-corrected chi connectivity index (χ1v) is 19.5. The fourth-order valence-corrected chi connectivity index (χ4v) is 8.90. The summed E-state index contributed by atoms with van der Waals surface area (Å²) in [4.78, 5) is 71.8. The number of nitrogens with zero attached hydrogens (tertiary/aromatic N) is 5. The second-order valence-electron chi connectivity index (χ2n) is 13.0. The fourth-order valence-electron chi connectivity index (χ4n) is 7.05. The smallest absolute Gasteiger partial charge is 0.352 e. The Morgan fingerprint density at radius 3 is 2.11 bits per heavy atom. The number of nitrogens with two attached hydrogens (primary N) is 1. The molecule has 4 N–H and O–H groups in total. The number of benzene rings is 3. The number of carbonyl (C=O) groups is 4. The van der Waals surface area contributed by atoms with Crippen LogP contribution < -0.4 is 16.0 Å². The van der Waals surface area contributed by atoms with Gasteiger partial charge in [0.1, 0.15) is 28.6 Å². The minimum atomic E-state index is -1.32. The maximum atomic E-state index is 14.2. The van der Waals surface area contributed by atoms with E-state index >= 15 is 0 Å². The number of allylic oxidation sites excluding steroid dienone is 1. The zero-order chi connectivity index (χ0) is 38.8. The van der Waals surface area contributed by atoms with Gasteiger partial charge in [-0.3, -0.25) is 24.2 Å². The zero-order valence-electron chi connectivity index (χ0n) is 29.5. The summed E-state index contributed by atoms with van der Waals surface area (Å²) in [5, 5.41) is 18.6. The summed E-state index contributed by atoms with van der Waals surface area (Å²) in [7, 11) is 0. The number of thioether (sulfide) groups is 1. The largest absolute Gasteiger partial charge is 0.477 e. The van der Waals surface area contributed by atoms with E-state index in [9.17, 15) is 24.3 Å². The number of amides is 3. The monoisotopic (exact) mass is 783 g/mol. The van der Waals surface area contributed by atoms with E-state index in [1.807, 2.05) is 91.0 Å². The van der Waals surface area contributed by atoms with Gasteiger partial charge in [0, 0.05) is 46.1 Å². The highest BCUT2D eigenvalue weighted by atomic mass is 32.2. The summed E-state index contributed by atoms with van der Waals surface area (Å²) in [5.41, 5.74) is 7.33. The molecule has 2 aromatic heterocycles. The number of hydrogen-bond acceptors (Lipinski definition) is 11. The average molecular weight is 784 g/mol. The number of oxime groups is 1. The van der Waals surface area contributed by atoms with Crippen LogP contribution >= 0.6 is 23.1 Å². The van der Waals surface area contributed by atoms with Crippen molar-refractivity contribution in [1.82, 2.24) is 20.2 Å². The molecule has 2 fully saturated rings. The van der Waals surface area contributed by atoms with Crippen LogP contribution in [0.1, 0.15) is 28.8 Å². The molecule has 3 amide bonds. The number of β-lactam (4-membered cyclic amide) rings is 1. The number of carboxylic acids is 1. The van der Waals surface area contributed by atoms with Crippen LogP contribution in [0.5, 0.6) is 0 Å². The standard InChI is InChI=1S/C41H33N7O6S2/c42-40-44-30(24-56-40)32(46-54-41(27-12-4-1-5-13-27,28-14-6-2-7-15-28)29-16-8-3-9-17-29)35(49)45-33-37(51)48-34(39(52)53)26(23-55-38(33)48)22-25-19-21-47(36(25)50)31-18-10-11-20-43-31/h1-18,20,22,24,33,38H,19,21,23H2,(H2,42,44)(H,45,49)(H,52,53)/t33-,38-/m1/s1. The predicted molar refractivity (Wildman–Crippen MR) is 212 cm³/mol. The third-order valence-corrected chi connectivity index (χ3v) is 11.7. The van der Waals surface area contributed by atoms with Gasteiger partial charge in [0.2, 0.25) is 5.60 Å². The molecule has 5 aromatic rings. The SMILES string of the molecule is Nc1nc(C(=NOC(c2ccccc2)(c2ccccc2)c2ccccc2)C(=O)N[C@@H]2C(=O)N3C(C(=O)O)=C(C=C4CCN(c5ccccn5)C4=O)CS[C@H]23)cs1. The fraction of sp³-hybridized carbons (Fsp3) is 0.146. The Bertz CT molecular complexity index is 2310. The molecule has 0 spiro atoms. The van der Waals surface area contributed by atoms with Crippen LogP contribution in [-0.2, 0) is 29.6 Å². The van der Waals surface area contributed by atoms with Crippen molar-refractivity contribution < 1.29 is 29.1 Å². The van der Waals surface area contributed by atoms with Crippen molar-refractivity contribution in [2.45, 2.75) is 23.4 Å². The van der Waals surface area contributed by atoms with Crippen LogP contribution in [0.25, 0.3) is 0 Å². The number of fused-ring (bicyclic) bond motifs is 1. The van der Waals surface area contributed by atoms with Gasteiger partial charge >= 0.3 is 5.97 Å². The molecule has 0 saturated carbocycles. The number of pyridine rings is 1. The van der Waals surface area contributed by atoms with Gasteiger partial charge in [-0.2, -0.15) is 0 Å². The first-order valence-electron chi connectivity index (χ1n) is 17.6. The average Bonchev–Trinajstić information content (AvgIpc) is 3.83. The maximum Gasteiger partial charge on any atom is 0.352 e. The number of hydrogen-bond donors (Lipinski definition) is 3. The molecule has 8 rings (SSSR count). The van der Waals surface area contributed by atoms with Crippen molar-refractivity contribution in [2.75, 3.05) is 22.9 Å². The normalized spacial score (nSPS) is 19.1. The van der Waals surface area contributed by atoms with E-state index in [0.29, 0.717) is 29.9 Å². The predicted octanol–water partition coefficient (Wildman–Crippen LogP) is 4.94. The van der Waals surface area contributed by atoms with Crippen LogP contribution in [0.2, 0.25) is 0 Å². The molecular weight excluding hydrogens is 751 g/mol. The van der Waals surface area contributed by atoms with E-state index < -0.39 is 34.8 Å². The maximum absolute atomic E-state index is 14.2. The third-order valence-electron chi connectivity index (χ3n) is 9.68. The van der Waals surface area contributed by atoms with E-state index in [4.69, 9.17) is 10.6 Å². The van der Waals surface area contributed by atoms with Gasteiger partial charge in [0.15, 0.2) is 10.8 Å². The molecule has 3 aliphatic rings. The molecule has 56 heavy (non-hydrogen) atoms. The van der Waals surface area contributed by atoms with Crippen LogP contribution in [-0.4, -0.2) is 73.1 Å². The number of rotatable bonds is 11. The third kappa shape index (κ3) is 6.60. The molecule has 13 nitrogen and oxygen atoms in total. The second-order valence-corrected chi connectivity index (χ2v) is 15.0. The number of anilines is 2. The van der Waals surface area contributed by atoms with Crippen molar-refractivity contribution in [3.63, 3.8) is 0 Å². The number of aromatic nitrogens is 2. The van der Waals surface area contributed by atoms with Crippen molar-refractivity contribution in [2.24, 2.45) is 5.16 Å². The summed E-state index contributed by atoms with van der Waals surface area (Å²) >= 11 is 2.39. The zero-order valence-corrected chi connectivity index (χ0v) is 31.2. The van der Waals surface area contributed by atoms with E-state index in [1.165, 1.54) is 16.7 Å². The Morgan fingerprint density at radius 1 is 0.929 bits per heavy atom. The number of thiazole rings is 1. The molecule has 2 saturated heterocycles. The summed E-state index contributed by atoms with van der Waals surface area (Å²) in [6, 6.07) is 32.6. The summed E-state index contributed by atoms with van der Waals surface area (Å²) in [5.74, 6) is -2.30. The number of nitrogens with one attached hydrogen (secondary N) is 1. The van der Waals surface area contributed by atoms with Gasteiger partial charge in [-0.1, -0.05) is 102 Å². The molecule has 2 atom stereocenters. The van der Waals surface area contributed by atoms with E-state index in [0.717, 1.165) is 32.9 Å². The van der Waals surface area contributed by atoms with Crippen molar-refractivity contribution in [3.05, 3.63) is 166 Å². The van der Waals surface area contributed by atoms with Gasteiger partial charge < -0.3 is 21.0 Å². The lowest BCUT2D eigenvalue weighted by atomic mass is 9.80. The molecule has 0 radical (unpaired) electrons. The Balaban J connectivity index is 1.10. The van der Waals surface area contributed by atoms with Crippen LogP contribution in [0.3, 0.4) is 0 Å². The quantitative estimate of drug-likeness (QED) is 0.0547. The van der Waals surface area contributed by atoms with Crippen molar-refractivity contribution in [3.8, 4) is 0 Å². The molecule has 3 aliphatic heterocycles. The molecule has 0 bridgehead atoms. The van der Waals surface area contributed by atoms with Gasteiger partial charge in [0.25, 0.3) is 17.7 Å². The van der Waals surface area contributed by atoms with Crippen molar-refractivity contribution in [1.29, 1.82) is 0 Å². The summed E-state index contributed by atoms with van der Waals surface area (Å²) in [6.45, 7) is 0.394.